The van der Waals surface area contributed by atoms with Crippen LogP contribution < -0.4 is 11.1 Å². The number of carbonyl (C=O) groups excluding carboxylic acids is 2. The van der Waals surface area contributed by atoms with E-state index in [4.69, 9.17) is 5.73 Å². The van der Waals surface area contributed by atoms with Crippen molar-refractivity contribution >= 4 is 23.6 Å². The lowest BCUT2D eigenvalue weighted by molar-refractivity contribution is -0.119. The fourth-order valence-corrected chi connectivity index (χ4v) is 1.96. The Labute approximate surface area is 113 Å². The molecule has 4 nitrogen and oxygen atoms in total. The third-order valence-corrected chi connectivity index (χ3v) is 3.25. The number of nitrogens with one attached hydrogen (secondary N) is 1. The zero-order valence-corrected chi connectivity index (χ0v) is 11.1. The van der Waals surface area contributed by atoms with Gasteiger partial charge in [-0.05, 0) is 24.6 Å². The van der Waals surface area contributed by atoms with Crippen LogP contribution in [0, 0.1) is 11.6 Å². The van der Waals surface area contributed by atoms with E-state index in [-0.39, 0.29) is 17.4 Å². The minimum atomic E-state index is -0.957. The number of thioether (sulfide) groups is 1. The molecule has 104 valence electrons. The number of rotatable bonds is 6. The maximum Gasteiger partial charge on any atom is 0.230 e. The summed E-state index contributed by atoms with van der Waals surface area (Å²) in [5.41, 5.74) is 5.40. The Balaban J connectivity index is 2.49. The van der Waals surface area contributed by atoms with E-state index >= 15 is 0 Å². The summed E-state index contributed by atoms with van der Waals surface area (Å²) in [6.45, 7) is 1.66. The van der Waals surface area contributed by atoms with Crippen molar-refractivity contribution in [2.45, 2.75) is 13.0 Å². The van der Waals surface area contributed by atoms with E-state index in [0.717, 1.165) is 23.9 Å². The van der Waals surface area contributed by atoms with Crippen LogP contribution in [0.4, 0.5) is 8.78 Å². The van der Waals surface area contributed by atoms with Crippen LogP contribution in [-0.4, -0.2) is 23.3 Å². The summed E-state index contributed by atoms with van der Waals surface area (Å²) in [5, 5.41) is 2.62. The molecule has 0 aliphatic heterocycles. The fourth-order valence-electron chi connectivity index (χ4n) is 1.39. The van der Waals surface area contributed by atoms with Gasteiger partial charge in [0.15, 0.2) is 11.6 Å². The second-order valence-corrected chi connectivity index (χ2v) is 4.91. The fraction of sp³-hybridized carbons (Fsp3) is 0.333. The van der Waals surface area contributed by atoms with Gasteiger partial charge in [-0.2, -0.15) is 0 Å². The second-order valence-electron chi connectivity index (χ2n) is 3.92. The van der Waals surface area contributed by atoms with Crippen LogP contribution in [0.1, 0.15) is 18.5 Å². The van der Waals surface area contributed by atoms with Crippen molar-refractivity contribution in [3.63, 3.8) is 0 Å². The molecule has 2 amide bonds. The summed E-state index contributed by atoms with van der Waals surface area (Å²) in [7, 11) is 0. The van der Waals surface area contributed by atoms with E-state index in [0.29, 0.717) is 5.56 Å². The average Bonchev–Trinajstić information content (AvgIpc) is 2.32. The number of hydrogen-bond donors (Lipinski definition) is 2. The van der Waals surface area contributed by atoms with Crippen LogP contribution in [0.25, 0.3) is 0 Å². The highest BCUT2D eigenvalue weighted by molar-refractivity contribution is 8.00. The first-order chi connectivity index (χ1) is 8.90. The molecule has 1 rings (SSSR count). The van der Waals surface area contributed by atoms with Crippen LogP contribution in [0.5, 0.6) is 0 Å². The Bertz CT molecular complexity index is 483. The molecule has 1 atom stereocenters. The Morgan fingerprint density at radius 1 is 1.32 bits per heavy atom. The van der Waals surface area contributed by atoms with Crippen molar-refractivity contribution < 1.29 is 18.4 Å². The SMILES string of the molecule is C[C@H](NC(=O)CSCC(N)=O)c1ccc(F)c(F)c1. The normalized spacial score (nSPS) is 11.9. The molecular weight excluding hydrogens is 274 g/mol. The molecule has 0 fully saturated rings. The molecule has 0 spiro atoms. The molecule has 0 unspecified atom stereocenters. The molecule has 1 aromatic carbocycles. The molecule has 0 aliphatic carbocycles. The third-order valence-electron chi connectivity index (χ3n) is 2.30. The first kappa shape index (κ1) is 15.4. The van der Waals surface area contributed by atoms with E-state index in [9.17, 15) is 18.4 Å². The van der Waals surface area contributed by atoms with E-state index in [1.54, 1.807) is 6.92 Å². The number of halogens is 2. The Morgan fingerprint density at radius 3 is 2.58 bits per heavy atom. The number of amides is 2. The minimum absolute atomic E-state index is 0.0625. The Kier molecular flexibility index (Phi) is 5.75. The predicted octanol–water partition coefficient (Wildman–Crippen LogP) is 1.36. The van der Waals surface area contributed by atoms with Crippen molar-refractivity contribution in [3.8, 4) is 0 Å². The van der Waals surface area contributed by atoms with Crippen molar-refractivity contribution in [2.24, 2.45) is 5.73 Å². The third kappa shape index (κ3) is 5.25. The first-order valence-electron chi connectivity index (χ1n) is 5.50. The van der Waals surface area contributed by atoms with Gasteiger partial charge in [-0.3, -0.25) is 9.59 Å². The smallest absolute Gasteiger partial charge is 0.230 e. The van der Waals surface area contributed by atoms with Gasteiger partial charge in [0.05, 0.1) is 17.5 Å². The van der Waals surface area contributed by atoms with Gasteiger partial charge < -0.3 is 11.1 Å². The maximum absolute atomic E-state index is 13.0. The highest BCUT2D eigenvalue weighted by Gasteiger charge is 2.12. The minimum Gasteiger partial charge on any atom is -0.369 e. The van der Waals surface area contributed by atoms with Gasteiger partial charge in [-0.15, -0.1) is 11.8 Å². The number of carbonyl (C=O) groups is 2. The maximum atomic E-state index is 13.0. The van der Waals surface area contributed by atoms with Gasteiger partial charge in [0.25, 0.3) is 0 Å². The lowest BCUT2D eigenvalue weighted by Gasteiger charge is -2.14. The summed E-state index contributed by atoms with van der Waals surface area (Å²) in [5.74, 6) is -2.54. The van der Waals surface area contributed by atoms with Gasteiger partial charge in [-0.25, -0.2) is 8.78 Å². The molecule has 0 heterocycles. The summed E-state index contributed by atoms with van der Waals surface area (Å²) < 4.78 is 25.8. The predicted molar refractivity (Wildman–Crippen MR) is 69.4 cm³/mol. The molecule has 3 N–H and O–H groups in total. The van der Waals surface area contributed by atoms with Crippen LogP contribution in [0.15, 0.2) is 18.2 Å². The van der Waals surface area contributed by atoms with Crippen LogP contribution in [0.2, 0.25) is 0 Å². The van der Waals surface area contributed by atoms with Crippen molar-refractivity contribution in [1.29, 1.82) is 0 Å². The zero-order chi connectivity index (χ0) is 14.4. The highest BCUT2D eigenvalue weighted by atomic mass is 32.2. The lowest BCUT2D eigenvalue weighted by Crippen LogP contribution is -2.29. The largest absolute Gasteiger partial charge is 0.369 e. The molecule has 7 heteroatoms. The lowest BCUT2D eigenvalue weighted by atomic mass is 10.1. The topological polar surface area (TPSA) is 72.2 Å². The quantitative estimate of drug-likeness (QED) is 0.830. The van der Waals surface area contributed by atoms with Gasteiger partial charge in [-0.1, -0.05) is 6.07 Å². The summed E-state index contributed by atoms with van der Waals surface area (Å²) >= 11 is 1.09. The molecule has 0 saturated carbocycles. The van der Waals surface area contributed by atoms with E-state index in [1.165, 1.54) is 6.07 Å². The summed E-state index contributed by atoms with van der Waals surface area (Å²) in [6, 6.07) is 3.00. The molecule has 0 aromatic heterocycles. The van der Waals surface area contributed by atoms with Crippen molar-refractivity contribution in [1.82, 2.24) is 5.32 Å². The van der Waals surface area contributed by atoms with Gasteiger partial charge in [0, 0.05) is 0 Å². The number of benzene rings is 1. The first-order valence-corrected chi connectivity index (χ1v) is 6.66. The number of hydrogen-bond acceptors (Lipinski definition) is 3. The summed E-state index contributed by atoms with van der Waals surface area (Å²) in [4.78, 5) is 22.0. The van der Waals surface area contributed by atoms with Gasteiger partial charge >= 0.3 is 0 Å². The van der Waals surface area contributed by atoms with E-state index in [1.807, 2.05) is 0 Å². The van der Waals surface area contributed by atoms with E-state index in [2.05, 4.69) is 5.32 Å². The molecular formula is C12H14F2N2O2S. The number of nitrogens with two attached hydrogens (primary N) is 1. The van der Waals surface area contributed by atoms with Crippen molar-refractivity contribution in [2.75, 3.05) is 11.5 Å². The standard InChI is InChI=1S/C12H14F2N2O2S/c1-7(8-2-3-9(13)10(14)4-8)16-12(18)6-19-5-11(15)17/h2-4,7H,5-6H2,1H3,(H2,15,17)(H,16,18)/t7-/m0/s1. The summed E-state index contributed by atoms with van der Waals surface area (Å²) in [6.07, 6.45) is 0. The average molecular weight is 288 g/mol. The molecule has 0 radical (unpaired) electrons. The van der Waals surface area contributed by atoms with Crippen LogP contribution in [0.3, 0.4) is 0 Å². The highest BCUT2D eigenvalue weighted by Crippen LogP contribution is 2.16. The van der Waals surface area contributed by atoms with Gasteiger partial charge in [0.2, 0.25) is 11.8 Å². The monoisotopic (exact) mass is 288 g/mol. The second kappa shape index (κ2) is 7.08. The molecule has 19 heavy (non-hydrogen) atoms. The number of primary amides is 1. The molecule has 0 aliphatic rings. The molecule has 0 saturated heterocycles. The molecule has 0 bridgehead atoms. The van der Waals surface area contributed by atoms with Gasteiger partial charge in [0.1, 0.15) is 0 Å². The zero-order valence-electron chi connectivity index (χ0n) is 10.3. The van der Waals surface area contributed by atoms with E-state index < -0.39 is 23.6 Å². The van der Waals surface area contributed by atoms with Crippen molar-refractivity contribution in [3.05, 3.63) is 35.4 Å². The van der Waals surface area contributed by atoms with Crippen LogP contribution in [-0.2, 0) is 9.59 Å². The Morgan fingerprint density at radius 2 is 2.00 bits per heavy atom. The Hall–Kier alpha value is -1.63. The van der Waals surface area contributed by atoms with Crippen LogP contribution >= 0.6 is 11.8 Å². The molecule has 1 aromatic rings.